The van der Waals surface area contributed by atoms with E-state index < -0.39 is 0 Å². The van der Waals surface area contributed by atoms with Crippen molar-refractivity contribution < 1.29 is 14.4 Å². The summed E-state index contributed by atoms with van der Waals surface area (Å²) in [7, 11) is 3.19. The number of aldehydes is 1. The summed E-state index contributed by atoms with van der Waals surface area (Å²) in [5.74, 6) is 2.16. The van der Waals surface area contributed by atoms with Crippen molar-refractivity contribution in [2.24, 2.45) is 23.7 Å². The normalized spacial score (nSPS) is 20.7. The quantitative estimate of drug-likeness (QED) is 0.530. The number of carbonyl (C=O) groups excluding carboxylic acids is 2. The van der Waals surface area contributed by atoms with E-state index in [0.717, 1.165) is 31.0 Å². The largest absolute Gasteiger partial charge is 0.303 e. The number of carbonyl (C=O) groups is 2. The smallest absolute Gasteiger partial charge is 0.248 e. The predicted molar refractivity (Wildman–Crippen MR) is 88.1 cm³/mol. The first-order valence-electron chi connectivity index (χ1n) is 8.74. The molecule has 2 rings (SSSR count). The Morgan fingerprint density at radius 1 is 1.14 bits per heavy atom. The van der Waals surface area contributed by atoms with E-state index in [-0.39, 0.29) is 11.8 Å². The van der Waals surface area contributed by atoms with E-state index in [1.807, 2.05) is 13.8 Å². The number of hydrogen-bond donors (Lipinski definition) is 0. The first-order valence-corrected chi connectivity index (χ1v) is 8.74. The highest BCUT2D eigenvalue weighted by atomic mass is 16.7. The summed E-state index contributed by atoms with van der Waals surface area (Å²) >= 11 is 0. The molecule has 2 aliphatic carbocycles. The van der Waals surface area contributed by atoms with Crippen molar-refractivity contribution in [3.63, 3.8) is 0 Å². The first kappa shape index (κ1) is 19.1. The summed E-state index contributed by atoms with van der Waals surface area (Å²) < 4.78 is 0. The Balaban J connectivity index is 0.000000235. The third kappa shape index (κ3) is 6.47. The van der Waals surface area contributed by atoms with E-state index in [1.165, 1.54) is 50.7 Å². The number of hydrogen-bond acceptors (Lipinski definition) is 3. The molecule has 0 heterocycles. The van der Waals surface area contributed by atoms with E-state index in [2.05, 4.69) is 0 Å². The van der Waals surface area contributed by atoms with E-state index in [0.29, 0.717) is 5.92 Å². The summed E-state index contributed by atoms with van der Waals surface area (Å²) in [6.07, 6.45) is 11.3. The third-order valence-corrected chi connectivity index (χ3v) is 5.08. The van der Waals surface area contributed by atoms with Gasteiger partial charge in [-0.2, -0.15) is 0 Å². The zero-order valence-corrected chi connectivity index (χ0v) is 14.7. The molecular weight excluding hydrogens is 278 g/mol. The van der Waals surface area contributed by atoms with Gasteiger partial charge in [0, 0.05) is 18.9 Å². The summed E-state index contributed by atoms with van der Waals surface area (Å²) in [6.45, 7) is 3.99. The highest BCUT2D eigenvalue weighted by Crippen LogP contribution is 2.32. The van der Waals surface area contributed by atoms with Crippen LogP contribution in [0.1, 0.15) is 65.2 Å². The Labute approximate surface area is 135 Å². The maximum Gasteiger partial charge on any atom is 0.248 e. The summed E-state index contributed by atoms with van der Waals surface area (Å²) in [5, 5.41) is 1.32. The lowest BCUT2D eigenvalue weighted by Crippen LogP contribution is -2.32. The molecule has 0 aromatic rings. The minimum Gasteiger partial charge on any atom is -0.303 e. The molecule has 0 bridgehead atoms. The lowest BCUT2D eigenvalue weighted by molar-refractivity contribution is -0.173. The van der Waals surface area contributed by atoms with Crippen molar-refractivity contribution in [1.82, 2.24) is 5.06 Å². The molecule has 0 aromatic carbocycles. The van der Waals surface area contributed by atoms with Gasteiger partial charge in [-0.1, -0.05) is 52.4 Å². The Bertz CT molecular complexity index is 337. The summed E-state index contributed by atoms with van der Waals surface area (Å²) in [5.41, 5.74) is 0. The van der Waals surface area contributed by atoms with Crippen LogP contribution >= 0.6 is 0 Å². The SMILES string of the molecule is CC(C=O)CC1CCC1.CON(C)C(=O)C(C)CC1CCC1. The van der Waals surface area contributed by atoms with Crippen molar-refractivity contribution in [3.8, 4) is 0 Å². The van der Waals surface area contributed by atoms with Crippen molar-refractivity contribution in [2.45, 2.75) is 65.2 Å². The van der Waals surface area contributed by atoms with E-state index in [1.54, 1.807) is 7.05 Å². The average molecular weight is 311 g/mol. The van der Waals surface area contributed by atoms with E-state index in [9.17, 15) is 9.59 Å². The fourth-order valence-corrected chi connectivity index (χ4v) is 3.04. The minimum absolute atomic E-state index is 0.0920. The molecule has 2 unspecified atom stereocenters. The number of hydroxylamine groups is 2. The number of amides is 1. The fraction of sp³-hybridized carbons (Fsp3) is 0.889. The minimum atomic E-state index is 0.0920. The molecule has 0 aromatic heterocycles. The second kappa shape index (κ2) is 9.98. The lowest BCUT2D eigenvalue weighted by Gasteiger charge is -2.28. The highest BCUT2D eigenvalue weighted by molar-refractivity contribution is 5.77. The lowest BCUT2D eigenvalue weighted by atomic mass is 9.79. The third-order valence-electron chi connectivity index (χ3n) is 5.08. The molecule has 1 amide bonds. The zero-order chi connectivity index (χ0) is 16.5. The Morgan fingerprint density at radius 3 is 2.00 bits per heavy atom. The van der Waals surface area contributed by atoms with Gasteiger partial charge in [-0.25, -0.2) is 5.06 Å². The van der Waals surface area contributed by atoms with Gasteiger partial charge >= 0.3 is 0 Å². The molecule has 128 valence electrons. The monoisotopic (exact) mass is 311 g/mol. The molecule has 2 fully saturated rings. The van der Waals surface area contributed by atoms with Crippen LogP contribution in [-0.4, -0.2) is 31.4 Å². The van der Waals surface area contributed by atoms with E-state index in [4.69, 9.17) is 4.84 Å². The number of rotatable bonds is 7. The van der Waals surface area contributed by atoms with Crippen molar-refractivity contribution in [1.29, 1.82) is 0 Å². The summed E-state index contributed by atoms with van der Waals surface area (Å²) in [4.78, 5) is 26.6. The maximum atomic E-state index is 11.6. The van der Waals surface area contributed by atoms with Gasteiger partial charge in [0.25, 0.3) is 0 Å². The number of nitrogens with zero attached hydrogens (tertiary/aromatic N) is 1. The van der Waals surface area contributed by atoms with Crippen LogP contribution in [0, 0.1) is 23.7 Å². The van der Waals surface area contributed by atoms with Crippen molar-refractivity contribution >= 4 is 12.2 Å². The van der Waals surface area contributed by atoms with E-state index >= 15 is 0 Å². The molecule has 4 heteroatoms. The zero-order valence-electron chi connectivity index (χ0n) is 14.7. The fourth-order valence-electron chi connectivity index (χ4n) is 3.04. The van der Waals surface area contributed by atoms with Crippen LogP contribution in [0.15, 0.2) is 0 Å². The Kier molecular flexibility index (Phi) is 8.69. The molecule has 2 saturated carbocycles. The summed E-state index contributed by atoms with van der Waals surface area (Å²) in [6, 6.07) is 0. The van der Waals surface area contributed by atoms with Crippen LogP contribution in [0.2, 0.25) is 0 Å². The second-order valence-electron chi connectivity index (χ2n) is 7.10. The Hall–Kier alpha value is -0.900. The van der Waals surface area contributed by atoms with Gasteiger partial charge in [-0.3, -0.25) is 9.63 Å². The van der Waals surface area contributed by atoms with Crippen LogP contribution in [0.4, 0.5) is 0 Å². The van der Waals surface area contributed by atoms with Gasteiger partial charge < -0.3 is 4.79 Å². The molecular formula is C18H33NO3. The molecule has 22 heavy (non-hydrogen) atoms. The van der Waals surface area contributed by atoms with Crippen molar-refractivity contribution in [3.05, 3.63) is 0 Å². The standard InChI is InChI=1S/C10H19NO2.C8H14O/c1-8(7-9-5-4-6-9)10(12)11(2)13-3;1-7(6-9)5-8-3-2-4-8/h8-9H,4-7H2,1-3H3;6-8H,2-5H2,1H3. The van der Waals surface area contributed by atoms with Crippen LogP contribution in [0.25, 0.3) is 0 Å². The van der Waals surface area contributed by atoms with Gasteiger partial charge in [-0.15, -0.1) is 0 Å². The molecule has 0 N–H and O–H groups in total. The molecule has 0 radical (unpaired) electrons. The second-order valence-corrected chi connectivity index (χ2v) is 7.10. The van der Waals surface area contributed by atoms with Crippen LogP contribution < -0.4 is 0 Å². The molecule has 2 aliphatic rings. The van der Waals surface area contributed by atoms with Crippen LogP contribution in [0.5, 0.6) is 0 Å². The van der Waals surface area contributed by atoms with Crippen LogP contribution in [0.3, 0.4) is 0 Å². The topological polar surface area (TPSA) is 46.6 Å². The molecule has 0 saturated heterocycles. The van der Waals surface area contributed by atoms with Gasteiger partial charge in [0.15, 0.2) is 0 Å². The predicted octanol–water partition coefficient (Wildman–Crippen LogP) is 3.84. The van der Waals surface area contributed by atoms with Gasteiger partial charge in [0.2, 0.25) is 5.91 Å². The molecule has 0 aliphatic heterocycles. The average Bonchev–Trinajstić information content (AvgIpc) is 2.45. The maximum absolute atomic E-state index is 11.6. The van der Waals surface area contributed by atoms with Crippen molar-refractivity contribution in [2.75, 3.05) is 14.2 Å². The van der Waals surface area contributed by atoms with Gasteiger partial charge in [0.05, 0.1) is 7.11 Å². The first-order chi connectivity index (χ1) is 10.5. The molecule has 2 atom stereocenters. The molecule has 0 spiro atoms. The highest BCUT2D eigenvalue weighted by Gasteiger charge is 2.25. The van der Waals surface area contributed by atoms with Gasteiger partial charge in [0.1, 0.15) is 6.29 Å². The van der Waals surface area contributed by atoms with Gasteiger partial charge in [-0.05, 0) is 24.7 Å². The molecule has 4 nitrogen and oxygen atoms in total. The van der Waals surface area contributed by atoms with Crippen LogP contribution in [-0.2, 0) is 14.4 Å². The Morgan fingerprint density at radius 2 is 1.64 bits per heavy atom.